The topological polar surface area (TPSA) is 88.6 Å². The second-order valence-electron chi connectivity index (χ2n) is 8.91. The third-order valence-corrected chi connectivity index (χ3v) is 7.82. The van der Waals surface area contributed by atoms with E-state index in [1.165, 1.54) is 30.6 Å². The maximum Gasteiger partial charge on any atom is 0.338 e. The van der Waals surface area contributed by atoms with E-state index in [1.807, 2.05) is 4.90 Å². The van der Waals surface area contributed by atoms with Gasteiger partial charge in [-0.3, -0.25) is 9.59 Å². The summed E-state index contributed by atoms with van der Waals surface area (Å²) in [6, 6.07) is 5.21. The van der Waals surface area contributed by atoms with Crippen molar-refractivity contribution in [1.29, 1.82) is 0 Å². The van der Waals surface area contributed by atoms with Gasteiger partial charge in [-0.1, -0.05) is 25.3 Å². The minimum absolute atomic E-state index is 0.219. The first-order chi connectivity index (χ1) is 15.6. The third-order valence-electron chi connectivity index (χ3n) is 6.81. The van der Waals surface area contributed by atoms with Gasteiger partial charge in [0.2, 0.25) is 5.91 Å². The molecule has 1 aliphatic carbocycles. The van der Waals surface area contributed by atoms with E-state index in [0.717, 1.165) is 49.3 Å². The highest BCUT2D eigenvalue weighted by Gasteiger charge is 2.30. The van der Waals surface area contributed by atoms with E-state index in [1.54, 1.807) is 23.6 Å². The van der Waals surface area contributed by atoms with Crippen LogP contribution in [0.5, 0.6) is 0 Å². The number of rotatable bonds is 4. The van der Waals surface area contributed by atoms with Crippen LogP contribution in [0.25, 0.3) is 0 Å². The van der Waals surface area contributed by atoms with Gasteiger partial charge in [-0.2, -0.15) is 0 Å². The van der Waals surface area contributed by atoms with Gasteiger partial charge in [0.15, 0.2) is 0 Å². The van der Waals surface area contributed by atoms with Crippen molar-refractivity contribution in [3.8, 4) is 0 Å². The Morgan fingerprint density at radius 1 is 1.09 bits per heavy atom. The number of piperidine rings is 1. The number of anilines is 1. The Morgan fingerprint density at radius 2 is 1.88 bits per heavy atom. The summed E-state index contributed by atoms with van der Waals surface area (Å²) in [6.45, 7) is 1.82. The molecule has 2 aromatic rings. The SMILES string of the molecule is O=C(Nc1ccc2c(c1)C(=O)OC2)c1csc(C2CCN(C(=O)C3CCCCC3)CC2)n1. The molecular formula is C24H27N3O4S. The fraction of sp³-hybridized carbons (Fsp3) is 0.500. The number of cyclic esters (lactones) is 1. The number of amides is 2. The van der Waals surface area contributed by atoms with Gasteiger partial charge in [0.1, 0.15) is 12.3 Å². The monoisotopic (exact) mass is 453 g/mol. The van der Waals surface area contributed by atoms with Crippen LogP contribution in [0.2, 0.25) is 0 Å². The molecule has 0 bridgehead atoms. The number of benzene rings is 1. The molecule has 1 aromatic carbocycles. The number of nitrogens with zero attached hydrogens (tertiary/aromatic N) is 2. The summed E-state index contributed by atoms with van der Waals surface area (Å²) in [4.78, 5) is 43.8. The molecule has 0 atom stereocenters. The van der Waals surface area contributed by atoms with E-state index in [4.69, 9.17) is 4.74 Å². The lowest BCUT2D eigenvalue weighted by Gasteiger charge is -2.34. The van der Waals surface area contributed by atoms with Crippen LogP contribution in [0.1, 0.15) is 82.3 Å². The minimum Gasteiger partial charge on any atom is -0.457 e. The first-order valence-corrected chi connectivity index (χ1v) is 12.3. The molecular weight excluding hydrogens is 426 g/mol. The molecule has 1 aromatic heterocycles. The standard InChI is InChI=1S/C24H27N3O4S/c28-21(25-18-7-6-17-13-31-24(30)19(17)12-18)20-14-32-22(26-20)15-8-10-27(11-9-15)23(29)16-4-2-1-3-5-16/h6-7,12,14-16H,1-5,8-11,13H2,(H,25,28). The zero-order chi connectivity index (χ0) is 22.1. The zero-order valence-electron chi connectivity index (χ0n) is 18.0. The number of hydrogen-bond acceptors (Lipinski definition) is 6. The van der Waals surface area contributed by atoms with E-state index in [0.29, 0.717) is 22.9 Å². The third kappa shape index (κ3) is 4.28. The fourth-order valence-corrected chi connectivity index (χ4v) is 5.89. The second kappa shape index (κ2) is 9.02. The Balaban J connectivity index is 1.17. The molecule has 0 radical (unpaired) electrons. The van der Waals surface area contributed by atoms with E-state index >= 15 is 0 Å². The summed E-state index contributed by atoms with van der Waals surface area (Å²) in [5.74, 6) is 0.188. The van der Waals surface area contributed by atoms with Gasteiger partial charge in [-0.05, 0) is 37.8 Å². The molecule has 7 nitrogen and oxygen atoms in total. The van der Waals surface area contributed by atoms with Crippen molar-refractivity contribution in [2.45, 2.75) is 57.5 Å². The Hall–Kier alpha value is -2.74. The zero-order valence-corrected chi connectivity index (χ0v) is 18.8. The normalized spacial score (nSPS) is 19.5. The van der Waals surface area contributed by atoms with Crippen LogP contribution in [0, 0.1) is 5.92 Å². The lowest BCUT2D eigenvalue weighted by Crippen LogP contribution is -2.41. The quantitative estimate of drug-likeness (QED) is 0.695. The van der Waals surface area contributed by atoms with Gasteiger partial charge in [0.25, 0.3) is 5.91 Å². The van der Waals surface area contributed by atoms with E-state index in [9.17, 15) is 14.4 Å². The Labute approximate surface area is 191 Å². The first-order valence-electron chi connectivity index (χ1n) is 11.4. The number of carbonyl (C=O) groups excluding carboxylic acids is 3. The van der Waals surface area contributed by atoms with Gasteiger partial charge >= 0.3 is 5.97 Å². The average molecular weight is 454 g/mol. The van der Waals surface area contributed by atoms with E-state index in [2.05, 4.69) is 10.3 Å². The van der Waals surface area contributed by atoms with E-state index < -0.39 is 0 Å². The molecule has 0 spiro atoms. The molecule has 32 heavy (non-hydrogen) atoms. The van der Waals surface area contributed by atoms with Gasteiger partial charge in [0.05, 0.1) is 10.6 Å². The molecule has 3 heterocycles. The number of carbonyl (C=O) groups is 3. The van der Waals surface area contributed by atoms with Crippen LogP contribution in [0.3, 0.4) is 0 Å². The summed E-state index contributed by atoms with van der Waals surface area (Å²) in [6.07, 6.45) is 7.45. The van der Waals surface area contributed by atoms with Crippen molar-refractivity contribution in [2.24, 2.45) is 5.92 Å². The summed E-state index contributed by atoms with van der Waals surface area (Å²) >= 11 is 1.50. The number of hydrogen-bond donors (Lipinski definition) is 1. The second-order valence-corrected chi connectivity index (χ2v) is 9.80. The fourth-order valence-electron chi connectivity index (χ4n) is 4.92. The molecule has 3 aliphatic rings. The maximum atomic E-state index is 12.8. The number of fused-ring (bicyclic) bond motifs is 1. The van der Waals surface area contributed by atoms with E-state index in [-0.39, 0.29) is 30.3 Å². The number of aromatic nitrogens is 1. The molecule has 1 saturated heterocycles. The number of likely N-dealkylation sites (tertiary alicyclic amines) is 1. The number of nitrogens with one attached hydrogen (secondary N) is 1. The lowest BCUT2D eigenvalue weighted by molar-refractivity contribution is -0.137. The number of esters is 1. The van der Waals surface area contributed by atoms with Gasteiger partial charge in [0, 0.05) is 41.6 Å². The van der Waals surface area contributed by atoms with Crippen molar-refractivity contribution in [2.75, 3.05) is 18.4 Å². The first kappa shape index (κ1) is 21.1. The summed E-state index contributed by atoms with van der Waals surface area (Å²) in [5.41, 5.74) is 2.26. The number of ether oxygens (including phenoxy) is 1. The smallest absolute Gasteiger partial charge is 0.338 e. The Kier molecular flexibility index (Phi) is 5.95. The van der Waals surface area contributed by atoms with Crippen LogP contribution in [-0.2, 0) is 16.1 Å². The Bertz CT molecular complexity index is 1040. The summed E-state index contributed by atoms with van der Waals surface area (Å²) in [5, 5.41) is 5.57. The van der Waals surface area contributed by atoms with Crippen LogP contribution in [0.15, 0.2) is 23.6 Å². The highest BCUT2D eigenvalue weighted by molar-refractivity contribution is 7.10. The largest absolute Gasteiger partial charge is 0.457 e. The molecule has 168 valence electrons. The predicted molar refractivity (Wildman–Crippen MR) is 121 cm³/mol. The molecule has 1 saturated carbocycles. The van der Waals surface area contributed by atoms with Crippen molar-refractivity contribution in [1.82, 2.24) is 9.88 Å². The molecule has 2 amide bonds. The molecule has 5 rings (SSSR count). The van der Waals surface area contributed by atoms with Crippen molar-refractivity contribution in [3.05, 3.63) is 45.4 Å². The highest BCUT2D eigenvalue weighted by Crippen LogP contribution is 2.33. The molecule has 1 N–H and O–H groups in total. The van der Waals surface area contributed by atoms with Crippen LogP contribution in [0.4, 0.5) is 5.69 Å². The van der Waals surface area contributed by atoms with Crippen molar-refractivity contribution in [3.63, 3.8) is 0 Å². The Morgan fingerprint density at radius 3 is 2.66 bits per heavy atom. The minimum atomic E-state index is -0.361. The van der Waals surface area contributed by atoms with Gasteiger partial charge in [-0.15, -0.1) is 11.3 Å². The lowest BCUT2D eigenvalue weighted by atomic mass is 9.87. The van der Waals surface area contributed by atoms with Crippen molar-refractivity contribution >= 4 is 34.8 Å². The molecule has 2 aliphatic heterocycles. The van der Waals surface area contributed by atoms with Crippen LogP contribution >= 0.6 is 11.3 Å². The van der Waals surface area contributed by atoms with Gasteiger partial charge in [-0.25, -0.2) is 9.78 Å². The predicted octanol–water partition coefficient (Wildman–Crippen LogP) is 4.35. The van der Waals surface area contributed by atoms with Gasteiger partial charge < -0.3 is 15.0 Å². The molecule has 2 fully saturated rings. The summed E-state index contributed by atoms with van der Waals surface area (Å²) < 4.78 is 5.01. The van der Waals surface area contributed by atoms with Crippen molar-refractivity contribution < 1.29 is 19.1 Å². The average Bonchev–Trinajstić information content (AvgIpc) is 3.47. The number of thiazole rings is 1. The molecule has 8 heteroatoms. The van der Waals surface area contributed by atoms with Crippen LogP contribution in [-0.4, -0.2) is 40.8 Å². The van der Waals surface area contributed by atoms with Crippen LogP contribution < -0.4 is 5.32 Å². The maximum absolute atomic E-state index is 12.8. The summed E-state index contributed by atoms with van der Waals surface area (Å²) in [7, 11) is 0. The highest BCUT2D eigenvalue weighted by atomic mass is 32.1. The molecule has 0 unspecified atom stereocenters.